The minimum absolute atomic E-state index is 0.158. The lowest BCUT2D eigenvalue weighted by Crippen LogP contribution is -2.48. The molecule has 2 heterocycles. The van der Waals surface area contributed by atoms with Crippen molar-refractivity contribution < 1.29 is 9.53 Å². The number of amides is 1. The largest absolute Gasteiger partial charge is 0.493 e. The summed E-state index contributed by atoms with van der Waals surface area (Å²) in [6.07, 6.45) is 11.8. The molecule has 2 aliphatic rings. The van der Waals surface area contributed by atoms with E-state index in [-0.39, 0.29) is 11.3 Å². The first-order valence-corrected chi connectivity index (χ1v) is 14.7. The SMILES string of the molecule is Cc1cc(OCC2(CC(=O)N(C)Cc3ccccc3)CCCN(Cc3cnn(C4CCCC4)c3)C2)ccc1Cl. The Morgan fingerprint density at radius 2 is 1.92 bits per heavy atom. The van der Waals surface area contributed by atoms with Crippen molar-refractivity contribution >= 4 is 17.5 Å². The molecule has 1 saturated heterocycles. The number of halogens is 1. The third-order valence-corrected chi connectivity index (χ3v) is 8.81. The molecule has 1 aliphatic heterocycles. The van der Waals surface area contributed by atoms with E-state index >= 15 is 0 Å². The molecule has 7 heteroatoms. The standard InChI is InChI=1S/C32H41ClN4O2/c1-25-17-29(13-14-30(25)33)39-24-32(18-31(38)35(2)20-26-9-4-3-5-10-26)15-8-16-36(23-32)21-27-19-34-37(22-27)28-11-6-7-12-28/h3-5,9-10,13-14,17,19,22,28H,6-8,11-12,15-16,18,20-21,23-24H2,1-2H3. The molecule has 1 aromatic heterocycles. The number of benzene rings is 2. The summed E-state index contributed by atoms with van der Waals surface area (Å²) >= 11 is 6.25. The highest BCUT2D eigenvalue weighted by Gasteiger charge is 2.39. The highest BCUT2D eigenvalue weighted by Crippen LogP contribution is 2.36. The van der Waals surface area contributed by atoms with E-state index in [1.165, 1.54) is 31.2 Å². The molecule has 6 nitrogen and oxygen atoms in total. The van der Waals surface area contributed by atoms with E-state index in [9.17, 15) is 4.79 Å². The van der Waals surface area contributed by atoms with Crippen molar-refractivity contribution in [3.05, 3.63) is 82.6 Å². The van der Waals surface area contributed by atoms with Crippen LogP contribution in [0.5, 0.6) is 5.75 Å². The zero-order valence-electron chi connectivity index (χ0n) is 23.3. The Labute approximate surface area is 237 Å². The average Bonchev–Trinajstić information content (AvgIpc) is 3.63. The quantitative estimate of drug-likeness (QED) is 0.284. The number of rotatable bonds is 10. The van der Waals surface area contributed by atoms with Gasteiger partial charge in [0, 0.05) is 55.3 Å². The van der Waals surface area contributed by atoms with Gasteiger partial charge in [-0.2, -0.15) is 5.10 Å². The fraction of sp³-hybridized carbons (Fsp3) is 0.500. The fourth-order valence-corrected chi connectivity index (χ4v) is 6.31. The molecule has 1 atom stereocenters. The van der Waals surface area contributed by atoms with E-state index in [0.717, 1.165) is 54.4 Å². The van der Waals surface area contributed by atoms with Crippen molar-refractivity contribution in [1.29, 1.82) is 0 Å². The summed E-state index contributed by atoms with van der Waals surface area (Å²) in [6.45, 7) is 5.78. The Hall–Kier alpha value is -2.83. The second-order valence-electron chi connectivity index (χ2n) is 11.7. The van der Waals surface area contributed by atoms with Gasteiger partial charge in [0.25, 0.3) is 0 Å². The van der Waals surface area contributed by atoms with E-state index in [2.05, 4.69) is 27.9 Å². The normalized spacial score (nSPS) is 20.3. The zero-order valence-corrected chi connectivity index (χ0v) is 24.1. The van der Waals surface area contributed by atoms with Gasteiger partial charge in [0.15, 0.2) is 0 Å². The number of ether oxygens (including phenoxy) is 1. The van der Waals surface area contributed by atoms with Gasteiger partial charge in [-0.05, 0) is 68.5 Å². The second kappa shape index (κ2) is 12.6. The Balaban J connectivity index is 1.29. The molecular weight excluding hydrogens is 508 g/mol. The minimum atomic E-state index is -0.269. The number of aromatic nitrogens is 2. The van der Waals surface area contributed by atoms with Crippen LogP contribution in [0.2, 0.25) is 5.02 Å². The lowest BCUT2D eigenvalue weighted by atomic mass is 9.77. The molecule has 39 heavy (non-hydrogen) atoms. The van der Waals surface area contributed by atoms with Crippen LogP contribution in [0.3, 0.4) is 0 Å². The Kier molecular flexibility index (Phi) is 8.93. The number of hydrogen-bond acceptors (Lipinski definition) is 4. The van der Waals surface area contributed by atoms with Gasteiger partial charge in [-0.15, -0.1) is 0 Å². The monoisotopic (exact) mass is 548 g/mol. The summed E-state index contributed by atoms with van der Waals surface area (Å²) in [4.78, 5) is 17.9. The van der Waals surface area contributed by atoms with E-state index in [0.29, 0.717) is 25.6 Å². The van der Waals surface area contributed by atoms with Gasteiger partial charge >= 0.3 is 0 Å². The first-order valence-electron chi connectivity index (χ1n) is 14.3. The van der Waals surface area contributed by atoms with Crippen LogP contribution in [0.15, 0.2) is 60.9 Å². The predicted molar refractivity (Wildman–Crippen MR) is 156 cm³/mol. The Morgan fingerprint density at radius 1 is 1.13 bits per heavy atom. The van der Waals surface area contributed by atoms with Gasteiger partial charge in [0.05, 0.1) is 18.8 Å². The maximum Gasteiger partial charge on any atom is 0.223 e. The number of piperidine rings is 1. The molecule has 1 amide bonds. The Morgan fingerprint density at radius 3 is 2.69 bits per heavy atom. The maximum absolute atomic E-state index is 13.6. The van der Waals surface area contributed by atoms with Crippen molar-refractivity contribution in [1.82, 2.24) is 19.6 Å². The molecule has 0 radical (unpaired) electrons. The zero-order chi connectivity index (χ0) is 27.2. The van der Waals surface area contributed by atoms with Crippen LogP contribution in [-0.4, -0.2) is 52.2 Å². The molecule has 0 N–H and O–H groups in total. The van der Waals surface area contributed by atoms with Crippen molar-refractivity contribution in [2.75, 3.05) is 26.7 Å². The van der Waals surface area contributed by atoms with Crippen LogP contribution >= 0.6 is 11.6 Å². The first kappa shape index (κ1) is 27.7. The molecule has 1 saturated carbocycles. The smallest absolute Gasteiger partial charge is 0.223 e. The van der Waals surface area contributed by atoms with Gasteiger partial charge in [-0.3, -0.25) is 14.4 Å². The molecule has 0 spiro atoms. The van der Waals surface area contributed by atoms with Gasteiger partial charge < -0.3 is 9.64 Å². The number of nitrogens with zero attached hydrogens (tertiary/aromatic N) is 4. The summed E-state index contributed by atoms with van der Waals surface area (Å²) in [6, 6.07) is 16.5. The van der Waals surface area contributed by atoms with E-state index in [1.807, 2.05) is 61.5 Å². The number of carbonyl (C=O) groups excluding carboxylic acids is 1. The molecule has 2 fully saturated rings. The number of hydrogen-bond donors (Lipinski definition) is 0. The maximum atomic E-state index is 13.6. The highest BCUT2D eigenvalue weighted by atomic mass is 35.5. The topological polar surface area (TPSA) is 50.6 Å². The summed E-state index contributed by atoms with van der Waals surface area (Å²) in [5, 5.41) is 5.43. The van der Waals surface area contributed by atoms with Crippen molar-refractivity contribution in [3.63, 3.8) is 0 Å². The van der Waals surface area contributed by atoms with Crippen LogP contribution in [-0.2, 0) is 17.9 Å². The van der Waals surface area contributed by atoms with Crippen molar-refractivity contribution in [2.45, 2.75) is 71.0 Å². The summed E-state index contributed by atoms with van der Waals surface area (Å²) in [5.74, 6) is 0.960. The van der Waals surface area contributed by atoms with Gasteiger partial charge in [-0.1, -0.05) is 54.8 Å². The molecule has 0 bridgehead atoms. The predicted octanol–water partition coefficient (Wildman–Crippen LogP) is 6.67. The first-order chi connectivity index (χ1) is 18.9. The van der Waals surface area contributed by atoms with Crippen LogP contribution < -0.4 is 4.74 Å². The molecule has 208 valence electrons. The van der Waals surface area contributed by atoms with Gasteiger partial charge in [0.2, 0.25) is 5.91 Å². The van der Waals surface area contributed by atoms with Crippen molar-refractivity contribution in [2.24, 2.45) is 5.41 Å². The molecule has 3 aromatic rings. The third-order valence-electron chi connectivity index (χ3n) is 8.39. The van der Waals surface area contributed by atoms with E-state index in [4.69, 9.17) is 21.4 Å². The molecule has 5 rings (SSSR count). The van der Waals surface area contributed by atoms with E-state index in [1.54, 1.807) is 0 Å². The van der Waals surface area contributed by atoms with E-state index < -0.39 is 0 Å². The molecular formula is C32H41ClN4O2. The number of likely N-dealkylation sites (tertiary alicyclic amines) is 1. The van der Waals surface area contributed by atoms with Crippen LogP contribution in [0.4, 0.5) is 0 Å². The lowest BCUT2D eigenvalue weighted by Gasteiger charge is -2.43. The molecule has 1 unspecified atom stereocenters. The summed E-state index contributed by atoms with van der Waals surface area (Å²) in [5.41, 5.74) is 3.11. The lowest BCUT2D eigenvalue weighted by molar-refractivity contribution is -0.135. The van der Waals surface area contributed by atoms with Crippen LogP contribution in [0.25, 0.3) is 0 Å². The summed E-state index contributed by atoms with van der Waals surface area (Å²) in [7, 11) is 1.91. The van der Waals surface area contributed by atoms with Gasteiger partial charge in [0.1, 0.15) is 5.75 Å². The molecule has 1 aliphatic carbocycles. The fourth-order valence-electron chi connectivity index (χ4n) is 6.19. The average molecular weight is 549 g/mol. The third kappa shape index (κ3) is 7.23. The van der Waals surface area contributed by atoms with Crippen LogP contribution in [0.1, 0.15) is 67.7 Å². The molecule has 2 aromatic carbocycles. The Bertz CT molecular complexity index is 1240. The highest BCUT2D eigenvalue weighted by molar-refractivity contribution is 6.31. The number of aryl methyl sites for hydroxylation is 1. The number of carbonyl (C=O) groups is 1. The minimum Gasteiger partial charge on any atom is -0.493 e. The summed E-state index contributed by atoms with van der Waals surface area (Å²) < 4.78 is 8.56. The second-order valence-corrected chi connectivity index (χ2v) is 12.1. The van der Waals surface area contributed by atoms with Crippen LogP contribution in [0, 0.1) is 12.3 Å². The van der Waals surface area contributed by atoms with Crippen molar-refractivity contribution in [3.8, 4) is 5.75 Å². The van der Waals surface area contributed by atoms with Gasteiger partial charge in [-0.25, -0.2) is 0 Å².